The number of ether oxygens (including phenoxy) is 2. The Morgan fingerprint density at radius 1 is 1.45 bits per heavy atom. The molecule has 2 fully saturated rings. The first-order valence-corrected chi connectivity index (χ1v) is 7.76. The van der Waals surface area contributed by atoms with Gasteiger partial charge in [-0.05, 0) is 6.92 Å². The Morgan fingerprint density at radius 2 is 2.23 bits per heavy atom. The molecule has 2 aliphatic heterocycles. The monoisotopic (exact) mass is 309 g/mol. The minimum absolute atomic E-state index is 0.161. The Labute approximate surface area is 129 Å². The van der Waals surface area contributed by atoms with Gasteiger partial charge in [0.05, 0.1) is 17.9 Å². The molecule has 0 amide bonds. The number of rotatable bonds is 3. The molecule has 0 aliphatic carbocycles. The van der Waals surface area contributed by atoms with E-state index in [1.165, 1.54) is 6.07 Å². The van der Waals surface area contributed by atoms with Gasteiger partial charge in [-0.15, -0.1) is 0 Å². The van der Waals surface area contributed by atoms with Gasteiger partial charge in [0.15, 0.2) is 0 Å². The lowest BCUT2D eigenvalue weighted by Crippen LogP contribution is -2.50. The Kier molecular flexibility index (Phi) is 4.58. The molecule has 0 unspecified atom stereocenters. The molecule has 0 spiro atoms. The molecule has 0 saturated carbocycles. The predicted molar refractivity (Wildman–Crippen MR) is 79.7 cm³/mol. The number of aromatic nitrogens is 2. The fourth-order valence-corrected chi connectivity index (χ4v) is 3.12. The zero-order valence-electron chi connectivity index (χ0n) is 12.9. The van der Waals surface area contributed by atoms with Crippen LogP contribution < -0.4 is 5.56 Å². The number of aromatic amines is 1. The summed E-state index contributed by atoms with van der Waals surface area (Å²) < 4.78 is 11.1. The number of hydrogen-bond acceptors (Lipinski definition) is 6. The van der Waals surface area contributed by atoms with Crippen molar-refractivity contribution in [1.82, 2.24) is 14.9 Å². The van der Waals surface area contributed by atoms with Crippen molar-refractivity contribution < 1.29 is 14.6 Å². The first-order chi connectivity index (χ1) is 10.5. The molecular weight excluding hydrogens is 286 g/mol. The summed E-state index contributed by atoms with van der Waals surface area (Å²) >= 11 is 0. The second kappa shape index (κ2) is 6.45. The van der Waals surface area contributed by atoms with E-state index in [-0.39, 0.29) is 11.7 Å². The first-order valence-electron chi connectivity index (χ1n) is 7.76. The molecular formula is C15H23N3O4. The summed E-state index contributed by atoms with van der Waals surface area (Å²) in [5.41, 5.74) is -0.186. The van der Waals surface area contributed by atoms with Crippen molar-refractivity contribution in [3.8, 4) is 0 Å². The topological polar surface area (TPSA) is 87.7 Å². The molecule has 1 aromatic rings. The van der Waals surface area contributed by atoms with Gasteiger partial charge >= 0.3 is 0 Å². The Hall–Kier alpha value is -1.28. The normalized spacial score (nSPS) is 26.0. The van der Waals surface area contributed by atoms with Gasteiger partial charge in [0, 0.05) is 51.8 Å². The second-order valence-electron chi connectivity index (χ2n) is 6.19. The summed E-state index contributed by atoms with van der Waals surface area (Å²) in [6.07, 6.45) is 1.10. The third-order valence-electron chi connectivity index (χ3n) is 4.30. The molecule has 1 atom stereocenters. The van der Waals surface area contributed by atoms with Crippen LogP contribution in [0.15, 0.2) is 10.9 Å². The number of aliphatic hydroxyl groups is 1. The zero-order valence-corrected chi connectivity index (χ0v) is 12.9. The van der Waals surface area contributed by atoms with Crippen LogP contribution in [0.4, 0.5) is 0 Å². The van der Waals surface area contributed by atoms with Gasteiger partial charge in [-0.2, -0.15) is 0 Å². The van der Waals surface area contributed by atoms with Crippen LogP contribution in [0, 0.1) is 6.92 Å². The lowest BCUT2D eigenvalue weighted by Gasteiger charge is -2.40. The molecule has 7 heteroatoms. The van der Waals surface area contributed by atoms with Crippen molar-refractivity contribution in [3.63, 3.8) is 0 Å². The van der Waals surface area contributed by atoms with Crippen LogP contribution in [-0.2, 0) is 9.47 Å². The number of hydrogen-bond donors (Lipinski definition) is 2. The van der Waals surface area contributed by atoms with E-state index in [0.29, 0.717) is 57.3 Å². The average molecular weight is 309 g/mol. The van der Waals surface area contributed by atoms with Crippen LogP contribution in [-0.4, -0.2) is 65.0 Å². The molecule has 2 saturated heterocycles. The second-order valence-corrected chi connectivity index (χ2v) is 6.19. The summed E-state index contributed by atoms with van der Waals surface area (Å²) in [7, 11) is 0. The van der Waals surface area contributed by atoms with E-state index in [1.54, 1.807) is 6.92 Å². The predicted octanol–water partition coefficient (Wildman–Crippen LogP) is -0.00688. The molecule has 122 valence electrons. The van der Waals surface area contributed by atoms with Gasteiger partial charge in [0.1, 0.15) is 11.9 Å². The fourth-order valence-electron chi connectivity index (χ4n) is 3.12. The van der Waals surface area contributed by atoms with Crippen LogP contribution in [0.5, 0.6) is 0 Å². The van der Waals surface area contributed by atoms with Gasteiger partial charge in [0.25, 0.3) is 5.56 Å². The van der Waals surface area contributed by atoms with E-state index < -0.39 is 5.60 Å². The van der Waals surface area contributed by atoms with Crippen molar-refractivity contribution in [1.29, 1.82) is 0 Å². The summed E-state index contributed by atoms with van der Waals surface area (Å²) in [5, 5.41) is 10.6. The minimum atomic E-state index is -0.683. The van der Waals surface area contributed by atoms with Crippen molar-refractivity contribution in [3.05, 3.63) is 27.9 Å². The van der Waals surface area contributed by atoms with Crippen LogP contribution in [0.25, 0.3) is 0 Å². The number of β-amino-alcohol motifs (C(OH)–C–C–N with tert-alkyl or cyclic N) is 1. The quantitative estimate of drug-likeness (QED) is 0.817. The van der Waals surface area contributed by atoms with Crippen molar-refractivity contribution in [2.75, 3.05) is 39.5 Å². The van der Waals surface area contributed by atoms with Gasteiger partial charge in [-0.25, -0.2) is 4.98 Å². The third kappa shape index (κ3) is 3.73. The van der Waals surface area contributed by atoms with Crippen LogP contribution in [0.2, 0.25) is 0 Å². The SMILES string of the molecule is Cc1nc([C@@H]2CN(CC3(O)CCOCC3)CCO2)cc(=O)[nH]1. The molecule has 0 bridgehead atoms. The summed E-state index contributed by atoms with van der Waals surface area (Å²) in [5.74, 6) is 0.589. The van der Waals surface area contributed by atoms with Gasteiger partial charge in [-0.3, -0.25) is 9.69 Å². The average Bonchev–Trinajstić information content (AvgIpc) is 2.47. The standard InChI is InChI=1S/C15H23N3O4/c1-11-16-12(8-14(19)17-11)13-9-18(4-7-22-13)10-15(20)2-5-21-6-3-15/h8,13,20H,2-7,9-10H2,1H3,(H,16,17,19)/t13-/m0/s1. The van der Waals surface area contributed by atoms with E-state index >= 15 is 0 Å². The first kappa shape index (κ1) is 15.6. The molecule has 22 heavy (non-hydrogen) atoms. The molecule has 0 radical (unpaired) electrons. The Balaban J connectivity index is 1.67. The number of nitrogens with zero attached hydrogens (tertiary/aromatic N) is 2. The van der Waals surface area contributed by atoms with Crippen LogP contribution in [0.3, 0.4) is 0 Å². The fraction of sp³-hybridized carbons (Fsp3) is 0.733. The maximum Gasteiger partial charge on any atom is 0.251 e. The smallest absolute Gasteiger partial charge is 0.251 e. The van der Waals surface area contributed by atoms with Crippen LogP contribution in [0.1, 0.15) is 30.5 Å². The van der Waals surface area contributed by atoms with E-state index in [9.17, 15) is 9.90 Å². The molecule has 0 aromatic carbocycles. The van der Waals surface area contributed by atoms with E-state index in [0.717, 1.165) is 6.54 Å². The largest absolute Gasteiger partial charge is 0.388 e. The molecule has 3 heterocycles. The third-order valence-corrected chi connectivity index (χ3v) is 4.30. The zero-order chi connectivity index (χ0) is 15.6. The van der Waals surface area contributed by atoms with Crippen molar-refractivity contribution in [2.45, 2.75) is 31.5 Å². The lowest BCUT2D eigenvalue weighted by atomic mass is 9.93. The van der Waals surface area contributed by atoms with Gasteiger partial charge in [0.2, 0.25) is 0 Å². The van der Waals surface area contributed by atoms with Gasteiger partial charge in [-0.1, -0.05) is 0 Å². The Morgan fingerprint density at radius 3 is 2.95 bits per heavy atom. The summed E-state index contributed by atoms with van der Waals surface area (Å²) in [6.45, 7) is 5.58. The van der Waals surface area contributed by atoms with E-state index in [1.807, 2.05) is 0 Å². The van der Waals surface area contributed by atoms with E-state index in [4.69, 9.17) is 9.47 Å². The van der Waals surface area contributed by atoms with Gasteiger partial charge < -0.3 is 19.6 Å². The number of aryl methyl sites for hydroxylation is 1. The molecule has 2 aliphatic rings. The maximum absolute atomic E-state index is 11.6. The lowest BCUT2D eigenvalue weighted by molar-refractivity contribution is -0.103. The highest BCUT2D eigenvalue weighted by atomic mass is 16.5. The van der Waals surface area contributed by atoms with Crippen molar-refractivity contribution >= 4 is 0 Å². The molecule has 3 rings (SSSR count). The summed E-state index contributed by atoms with van der Waals surface area (Å²) in [4.78, 5) is 20.8. The molecule has 1 aromatic heterocycles. The minimum Gasteiger partial charge on any atom is -0.388 e. The Bertz CT molecular complexity index is 568. The number of morpholine rings is 1. The molecule has 2 N–H and O–H groups in total. The maximum atomic E-state index is 11.6. The molecule has 7 nitrogen and oxygen atoms in total. The highest BCUT2D eigenvalue weighted by molar-refractivity contribution is 5.07. The summed E-state index contributed by atoms with van der Waals surface area (Å²) in [6, 6.07) is 1.49. The number of nitrogens with one attached hydrogen (secondary N) is 1. The van der Waals surface area contributed by atoms with E-state index in [2.05, 4.69) is 14.9 Å². The highest BCUT2D eigenvalue weighted by Gasteiger charge is 2.34. The van der Waals surface area contributed by atoms with Crippen molar-refractivity contribution in [2.24, 2.45) is 0 Å². The van der Waals surface area contributed by atoms with Crippen LogP contribution >= 0.6 is 0 Å². The highest BCUT2D eigenvalue weighted by Crippen LogP contribution is 2.25. The number of H-pyrrole nitrogens is 1.